The third-order valence-corrected chi connectivity index (χ3v) is 5.00. The van der Waals surface area contributed by atoms with Crippen LogP contribution in [0.3, 0.4) is 0 Å². The summed E-state index contributed by atoms with van der Waals surface area (Å²) < 4.78 is 0. The van der Waals surface area contributed by atoms with E-state index in [0.29, 0.717) is 11.1 Å². The fourth-order valence-corrected chi connectivity index (χ4v) is 3.93. The molecule has 3 rings (SSSR count). The van der Waals surface area contributed by atoms with E-state index in [-0.39, 0.29) is 5.30 Å². The van der Waals surface area contributed by atoms with E-state index < -0.39 is 7.94 Å². The fourth-order valence-electron chi connectivity index (χ4n) is 2.84. The highest BCUT2D eigenvalue weighted by Gasteiger charge is 2.40. The Morgan fingerprint density at radius 1 is 0.652 bits per heavy atom. The van der Waals surface area contributed by atoms with E-state index in [4.69, 9.17) is 0 Å². The maximum absolute atomic E-state index is 10.0. The van der Waals surface area contributed by atoms with Gasteiger partial charge in [0.15, 0.2) is 5.30 Å². The number of hydrogen-bond acceptors (Lipinski definition) is 3. The molecule has 23 heavy (non-hydrogen) atoms. The number of aryl methyl sites for hydroxylation is 1. The van der Waals surface area contributed by atoms with Crippen LogP contribution in [0.4, 0.5) is 0 Å². The highest BCUT2D eigenvalue weighted by molar-refractivity contribution is 7.67. The zero-order valence-electron chi connectivity index (χ0n) is 12.7. The zero-order chi connectivity index (χ0) is 16.4. The van der Waals surface area contributed by atoms with Crippen LogP contribution in [0, 0.1) is 6.92 Å². The van der Waals surface area contributed by atoms with E-state index in [0.717, 1.165) is 16.7 Å². The Bertz CT molecular complexity index is 809. The van der Waals surface area contributed by atoms with Crippen LogP contribution in [0.2, 0.25) is 0 Å². The average molecular weight is 325 g/mol. The Balaban J connectivity index is 2.38. The second-order valence-corrected chi connectivity index (χ2v) is 7.04. The Kier molecular flexibility index (Phi) is 4.29. The molecule has 0 saturated carbocycles. The molecule has 3 aromatic carbocycles. The molecular weight excluding hydrogens is 307 g/mol. The summed E-state index contributed by atoms with van der Waals surface area (Å²) in [5.41, 5.74) is 3.98. The maximum atomic E-state index is 10.0. The third-order valence-electron chi connectivity index (χ3n) is 3.83. The van der Waals surface area contributed by atoms with E-state index in [1.54, 1.807) is 6.92 Å². The molecule has 3 N–H and O–H groups in total. The lowest BCUT2D eigenvalue weighted by molar-refractivity contribution is 0.347. The van der Waals surface area contributed by atoms with Crippen molar-refractivity contribution in [3.8, 4) is 22.3 Å². The molecule has 0 bridgehead atoms. The molecule has 0 aromatic heterocycles. The minimum atomic E-state index is -4.16. The van der Waals surface area contributed by atoms with Crippen LogP contribution in [0.5, 0.6) is 0 Å². The van der Waals surface area contributed by atoms with Gasteiger partial charge in [0.25, 0.3) is 0 Å². The molecule has 0 unspecified atom stereocenters. The summed E-state index contributed by atoms with van der Waals surface area (Å²) in [6.45, 7) is 1.77. The van der Waals surface area contributed by atoms with Crippen LogP contribution in [0.15, 0.2) is 72.8 Å². The van der Waals surface area contributed by atoms with Crippen molar-refractivity contribution in [3.63, 3.8) is 0 Å². The monoisotopic (exact) mass is 325 g/mol. The summed E-state index contributed by atoms with van der Waals surface area (Å²) >= 11 is 0. The number of hydrogen-bond donors (Lipinski definition) is 3. The van der Waals surface area contributed by atoms with Gasteiger partial charge in [-0.1, -0.05) is 72.8 Å². The first kappa shape index (κ1) is 15.9. The average Bonchev–Trinajstić information content (AvgIpc) is 2.55. The molecule has 4 heteroatoms. The van der Waals surface area contributed by atoms with Crippen LogP contribution < -0.4 is 5.30 Å². The molecule has 0 amide bonds. The smallest absolute Gasteiger partial charge is 0.189 e. The minimum absolute atomic E-state index is 0.213. The summed E-state index contributed by atoms with van der Waals surface area (Å²) in [7, 11) is -4.16. The van der Waals surface area contributed by atoms with Gasteiger partial charge in [0.2, 0.25) is 0 Å². The van der Waals surface area contributed by atoms with Crippen LogP contribution >= 0.6 is 7.94 Å². The highest BCUT2D eigenvalue weighted by atomic mass is 31.2. The van der Waals surface area contributed by atoms with Gasteiger partial charge in [-0.3, -0.25) is 0 Å². The number of benzene rings is 3. The van der Waals surface area contributed by atoms with Crippen molar-refractivity contribution in [1.29, 1.82) is 0 Å². The van der Waals surface area contributed by atoms with Crippen molar-refractivity contribution < 1.29 is 14.7 Å². The number of rotatable bonds is 3. The molecular formula is C19H18O3P+. The Morgan fingerprint density at radius 2 is 1.17 bits per heavy atom. The summed E-state index contributed by atoms with van der Waals surface area (Å²) in [5, 5.41) is 0.213. The first-order valence-electron chi connectivity index (χ1n) is 7.31. The van der Waals surface area contributed by atoms with Crippen molar-refractivity contribution in [1.82, 2.24) is 0 Å². The maximum Gasteiger partial charge on any atom is 0.441 e. The standard InChI is InChI=1S/C19H18O3P/c1-14-12-13-17(15-8-4-2-5-9-15)18(19(14)23(20,21)22)16-10-6-3-7-11-16/h2-13,20-22H,1H3/q+1. The Labute approximate surface area is 136 Å². The van der Waals surface area contributed by atoms with Gasteiger partial charge in [-0.15, -0.1) is 0 Å². The molecule has 3 nitrogen and oxygen atoms in total. The predicted molar refractivity (Wildman–Crippen MR) is 95.3 cm³/mol. The molecule has 0 aliphatic heterocycles. The summed E-state index contributed by atoms with van der Waals surface area (Å²) in [4.78, 5) is 30.0. The molecule has 116 valence electrons. The Morgan fingerprint density at radius 3 is 1.70 bits per heavy atom. The highest BCUT2D eigenvalue weighted by Crippen LogP contribution is 2.49. The van der Waals surface area contributed by atoms with Gasteiger partial charge in [0.05, 0.1) is 0 Å². The van der Waals surface area contributed by atoms with Gasteiger partial charge in [0.1, 0.15) is 0 Å². The van der Waals surface area contributed by atoms with Gasteiger partial charge in [-0.25, -0.2) is 0 Å². The van der Waals surface area contributed by atoms with Gasteiger partial charge < -0.3 is 0 Å². The van der Waals surface area contributed by atoms with Crippen molar-refractivity contribution in [2.45, 2.75) is 6.92 Å². The SMILES string of the molecule is Cc1ccc(-c2ccccc2)c(-c2ccccc2)c1[P+](O)(O)O. The molecule has 0 radical (unpaired) electrons. The fraction of sp³-hybridized carbons (Fsp3) is 0.0526. The molecule has 3 aromatic rings. The van der Waals surface area contributed by atoms with Gasteiger partial charge >= 0.3 is 7.94 Å². The van der Waals surface area contributed by atoms with Crippen LogP contribution in [-0.2, 0) is 0 Å². The van der Waals surface area contributed by atoms with E-state index in [1.807, 2.05) is 72.8 Å². The summed E-state index contributed by atoms with van der Waals surface area (Å²) in [6, 6.07) is 23.0. The molecule has 0 aliphatic carbocycles. The first-order valence-corrected chi connectivity index (χ1v) is 8.95. The largest absolute Gasteiger partial charge is 0.441 e. The zero-order valence-corrected chi connectivity index (χ0v) is 13.6. The van der Waals surface area contributed by atoms with Gasteiger partial charge in [-0.2, -0.15) is 14.7 Å². The van der Waals surface area contributed by atoms with Crippen LogP contribution in [0.1, 0.15) is 5.56 Å². The molecule has 0 aliphatic rings. The normalized spacial score (nSPS) is 11.5. The molecule has 0 saturated heterocycles. The summed E-state index contributed by atoms with van der Waals surface area (Å²) in [5.74, 6) is 0. The third kappa shape index (κ3) is 3.19. The second-order valence-electron chi connectivity index (χ2n) is 5.45. The molecule has 0 heterocycles. The summed E-state index contributed by atoms with van der Waals surface area (Å²) in [6.07, 6.45) is 0. The van der Waals surface area contributed by atoms with Crippen molar-refractivity contribution in [2.75, 3.05) is 0 Å². The van der Waals surface area contributed by atoms with E-state index >= 15 is 0 Å². The van der Waals surface area contributed by atoms with E-state index in [2.05, 4.69) is 0 Å². The van der Waals surface area contributed by atoms with E-state index in [9.17, 15) is 14.7 Å². The van der Waals surface area contributed by atoms with Crippen molar-refractivity contribution >= 4 is 13.2 Å². The van der Waals surface area contributed by atoms with Crippen molar-refractivity contribution in [2.24, 2.45) is 0 Å². The van der Waals surface area contributed by atoms with Gasteiger partial charge in [-0.05, 0) is 23.6 Å². The lowest BCUT2D eigenvalue weighted by Gasteiger charge is -2.17. The molecule has 0 fully saturated rings. The predicted octanol–water partition coefficient (Wildman–Crippen LogP) is 3.69. The van der Waals surface area contributed by atoms with Crippen LogP contribution in [-0.4, -0.2) is 14.7 Å². The van der Waals surface area contributed by atoms with Gasteiger partial charge in [0, 0.05) is 11.1 Å². The van der Waals surface area contributed by atoms with Crippen LogP contribution in [0.25, 0.3) is 22.3 Å². The lowest BCUT2D eigenvalue weighted by atomic mass is 9.93. The molecule has 0 atom stereocenters. The first-order chi connectivity index (χ1) is 11.0. The lowest BCUT2D eigenvalue weighted by Crippen LogP contribution is -2.17. The Hall–Kier alpha value is -2.03. The molecule has 0 spiro atoms. The quantitative estimate of drug-likeness (QED) is 0.644. The van der Waals surface area contributed by atoms with Crippen molar-refractivity contribution in [3.05, 3.63) is 78.4 Å². The second kappa shape index (κ2) is 6.23. The minimum Gasteiger partial charge on any atom is -0.189 e. The van der Waals surface area contributed by atoms with E-state index in [1.165, 1.54) is 0 Å². The topological polar surface area (TPSA) is 60.7 Å².